The van der Waals surface area contributed by atoms with E-state index in [1.165, 1.54) is 32.4 Å². The largest absolute Gasteiger partial charge is 0.306 e. The molecule has 4 nitrogen and oxygen atoms in total. The summed E-state index contributed by atoms with van der Waals surface area (Å²) in [6.07, 6.45) is 3.64. The zero-order valence-electron chi connectivity index (χ0n) is 10.3. The average Bonchev–Trinajstić information content (AvgIpc) is 2.16. The molecule has 0 amide bonds. The highest BCUT2D eigenvalue weighted by Crippen LogP contribution is 1.98. The van der Waals surface area contributed by atoms with Crippen molar-refractivity contribution < 1.29 is 0 Å². The molecule has 1 aliphatic rings. The molecular formula is C11H26N4. The summed E-state index contributed by atoms with van der Waals surface area (Å²) in [5.41, 5.74) is 0. The van der Waals surface area contributed by atoms with Crippen molar-refractivity contribution >= 4 is 0 Å². The first kappa shape index (κ1) is 12.9. The van der Waals surface area contributed by atoms with Crippen molar-refractivity contribution in [1.82, 2.24) is 14.8 Å². The van der Waals surface area contributed by atoms with Crippen LogP contribution in [0.25, 0.3) is 0 Å². The van der Waals surface area contributed by atoms with E-state index in [9.17, 15) is 0 Å². The maximum absolute atomic E-state index is 5.90. The Morgan fingerprint density at radius 1 is 0.667 bits per heavy atom. The van der Waals surface area contributed by atoms with Gasteiger partial charge in [0.25, 0.3) is 0 Å². The van der Waals surface area contributed by atoms with Gasteiger partial charge in [0, 0.05) is 13.1 Å². The highest BCUT2D eigenvalue weighted by atomic mass is 15.4. The highest BCUT2D eigenvalue weighted by molar-refractivity contribution is 4.61. The first-order chi connectivity index (χ1) is 7.18. The Morgan fingerprint density at radius 3 is 1.40 bits per heavy atom. The van der Waals surface area contributed by atoms with E-state index < -0.39 is 0 Å². The molecule has 0 spiro atoms. The van der Waals surface area contributed by atoms with E-state index in [4.69, 9.17) is 5.84 Å². The smallest absolute Gasteiger partial charge is 0.0140 e. The summed E-state index contributed by atoms with van der Waals surface area (Å²) >= 11 is 0. The molecule has 1 rings (SSSR count). The monoisotopic (exact) mass is 214 g/mol. The van der Waals surface area contributed by atoms with Crippen molar-refractivity contribution in [2.24, 2.45) is 5.84 Å². The van der Waals surface area contributed by atoms with Crippen LogP contribution in [0.2, 0.25) is 0 Å². The molecule has 15 heavy (non-hydrogen) atoms. The van der Waals surface area contributed by atoms with E-state index in [-0.39, 0.29) is 0 Å². The van der Waals surface area contributed by atoms with Crippen LogP contribution < -0.4 is 5.84 Å². The lowest BCUT2D eigenvalue weighted by molar-refractivity contribution is 0.211. The summed E-state index contributed by atoms with van der Waals surface area (Å²) in [5, 5.41) is 1.96. The van der Waals surface area contributed by atoms with Gasteiger partial charge in [0.1, 0.15) is 0 Å². The number of rotatable bonds is 0. The molecule has 0 unspecified atom stereocenters. The summed E-state index contributed by atoms with van der Waals surface area (Å²) < 4.78 is 0. The highest BCUT2D eigenvalue weighted by Gasteiger charge is 2.06. The summed E-state index contributed by atoms with van der Waals surface area (Å²) in [4.78, 5) is 4.81. The average molecular weight is 214 g/mol. The predicted molar refractivity (Wildman–Crippen MR) is 64.6 cm³/mol. The first-order valence-corrected chi connectivity index (χ1v) is 6.05. The Balaban J connectivity index is 2.30. The molecule has 0 aromatic carbocycles. The molecule has 0 bridgehead atoms. The van der Waals surface area contributed by atoms with Gasteiger partial charge in [-0.1, -0.05) is 0 Å². The molecule has 0 radical (unpaired) electrons. The van der Waals surface area contributed by atoms with E-state index in [1.54, 1.807) is 0 Å². The standard InChI is InChI=1S/C11H26N4/c1-13-6-3-7-14(2)9-5-11-15(12)10-4-8-13/h3-12H2,1-2H3. The van der Waals surface area contributed by atoms with Crippen molar-refractivity contribution in [2.75, 3.05) is 53.4 Å². The lowest BCUT2D eigenvalue weighted by atomic mass is 10.3. The normalized spacial score (nSPS) is 25.8. The van der Waals surface area contributed by atoms with Gasteiger partial charge in [-0.15, -0.1) is 0 Å². The lowest BCUT2D eigenvalue weighted by Gasteiger charge is -2.24. The van der Waals surface area contributed by atoms with E-state index >= 15 is 0 Å². The molecule has 0 aliphatic carbocycles. The molecule has 2 N–H and O–H groups in total. The molecule has 0 aromatic rings. The number of nitrogens with zero attached hydrogens (tertiary/aromatic N) is 3. The van der Waals surface area contributed by atoms with Gasteiger partial charge >= 0.3 is 0 Å². The summed E-state index contributed by atoms with van der Waals surface area (Å²) in [6.45, 7) is 6.78. The minimum Gasteiger partial charge on any atom is -0.306 e. The quantitative estimate of drug-likeness (QED) is 0.585. The zero-order chi connectivity index (χ0) is 11.1. The van der Waals surface area contributed by atoms with Gasteiger partial charge in [-0.25, -0.2) is 5.01 Å². The van der Waals surface area contributed by atoms with E-state index in [0.29, 0.717) is 0 Å². The summed E-state index contributed by atoms with van der Waals surface area (Å²) in [5.74, 6) is 5.90. The number of hydrazine groups is 1. The predicted octanol–water partition coefficient (Wildman–Crippen LogP) is 0.210. The van der Waals surface area contributed by atoms with Gasteiger partial charge < -0.3 is 9.80 Å². The van der Waals surface area contributed by atoms with E-state index in [2.05, 4.69) is 23.9 Å². The minimum atomic E-state index is 1.02. The van der Waals surface area contributed by atoms with E-state index in [1.807, 2.05) is 5.01 Å². The maximum atomic E-state index is 5.90. The van der Waals surface area contributed by atoms with Crippen molar-refractivity contribution in [3.8, 4) is 0 Å². The van der Waals surface area contributed by atoms with E-state index in [0.717, 1.165) is 26.2 Å². The van der Waals surface area contributed by atoms with Crippen LogP contribution in [0.3, 0.4) is 0 Å². The molecule has 1 saturated heterocycles. The second kappa shape index (κ2) is 7.17. The second-order valence-corrected chi connectivity index (χ2v) is 4.70. The molecule has 1 heterocycles. The molecular weight excluding hydrogens is 188 g/mol. The minimum absolute atomic E-state index is 1.02. The van der Waals surface area contributed by atoms with Gasteiger partial charge in [-0.3, -0.25) is 5.84 Å². The third kappa shape index (κ3) is 6.10. The number of nitrogens with two attached hydrogens (primary N) is 1. The van der Waals surface area contributed by atoms with Crippen LogP contribution in [-0.2, 0) is 0 Å². The van der Waals surface area contributed by atoms with Gasteiger partial charge in [0.2, 0.25) is 0 Å². The fourth-order valence-corrected chi connectivity index (χ4v) is 2.03. The van der Waals surface area contributed by atoms with Crippen molar-refractivity contribution in [3.05, 3.63) is 0 Å². The number of hydrogen-bond acceptors (Lipinski definition) is 4. The van der Waals surface area contributed by atoms with Crippen LogP contribution in [0.5, 0.6) is 0 Å². The van der Waals surface area contributed by atoms with Gasteiger partial charge in [0.15, 0.2) is 0 Å². The molecule has 90 valence electrons. The fourth-order valence-electron chi connectivity index (χ4n) is 2.03. The van der Waals surface area contributed by atoms with Crippen LogP contribution in [0, 0.1) is 0 Å². The number of hydrogen-bond donors (Lipinski definition) is 1. The maximum Gasteiger partial charge on any atom is 0.0140 e. The van der Waals surface area contributed by atoms with Crippen molar-refractivity contribution in [3.63, 3.8) is 0 Å². The topological polar surface area (TPSA) is 35.7 Å². The molecule has 0 saturated carbocycles. The summed E-state index contributed by atoms with van der Waals surface area (Å²) in [7, 11) is 4.40. The van der Waals surface area contributed by atoms with Crippen LogP contribution in [0.4, 0.5) is 0 Å². The Bertz CT molecular complexity index is 122. The molecule has 1 fully saturated rings. The van der Waals surface area contributed by atoms with Crippen LogP contribution in [-0.4, -0.2) is 68.2 Å². The molecule has 4 heteroatoms. The SMILES string of the molecule is CN1CCCN(C)CCCN(N)CCC1. The Kier molecular flexibility index (Phi) is 6.17. The Morgan fingerprint density at radius 2 is 1.00 bits per heavy atom. The third-order valence-electron chi connectivity index (χ3n) is 3.05. The molecule has 0 aromatic heterocycles. The van der Waals surface area contributed by atoms with Crippen molar-refractivity contribution in [2.45, 2.75) is 19.3 Å². The van der Waals surface area contributed by atoms with Gasteiger partial charge in [0.05, 0.1) is 0 Å². The lowest BCUT2D eigenvalue weighted by Crippen LogP contribution is -2.37. The van der Waals surface area contributed by atoms with Gasteiger partial charge in [-0.05, 0) is 59.5 Å². The third-order valence-corrected chi connectivity index (χ3v) is 3.05. The summed E-state index contributed by atoms with van der Waals surface area (Å²) in [6, 6.07) is 0. The zero-order valence-corrected chi connectivity index (χ0v) is 10.3. The van der Waals surface area contributed by atoms with Crippen molar-refractivity contribution in [1.29, 1.82) is 0 Å². The molecule has 1 aliphatic heterocycles. The first-order valence-electron chi connectivity index (χ1n) is 6.05. The van der Waals surface area contributed by atoms with Crippen LogP contribution in [0.1, 0.15) is 19.3 Å². The Labute approximate surface area is 94.0 Å². The fraction of sp³-hybridized carbons (Fsp3) is 1.00. The van der Waals surface area contributed by atoms with Crippen LogP contribution in [0.15, 0.2) is 0 Å². The van der Waals surface area contributed by atoms with Gasteiger partial charge in [-0.2, -0.15) is 0 Å². The Hall–Kier alpha value is -0.160. The molecule has 0 atom stereocenters. The second-order valence-electron chi connectivity index (χ2n) is 4.70. The van der Waals surface area contributed by atoms with Crippen LogP contribution >= 0.6 is 0 Å².